The number of benzene rings is 1. The lowest BCUT2D eigenvalue weighted by Gasteiger charge is -2.36. The van der Waals surface area contributed by atoms with E-state index in [0.29, 0.717) is 24.5 Å². The standard InChI is InChI=1S/C32H41N3O6/c1-19-7-4-5-10-24(19)34-30(37)28-32-16-15-25(41-32)26(29(36)33-21-8-6-9-23(17-21)40-3)27(32)31(38)35(28)18-20-11-13-22(39-2)14-12-20/h6,8,11-14,17,19,23-28H,4-5,7,9-10,15-16,18H2,1-3H3,(H,33,36)(H,34,37). The molecule has 3 saturated heterocycles. The average Bonchev–Trinajstić information content (AvgIpc) is 3.62. The molecule has 8 unspecified atom stereocenters. The number of nitrogens with one attached hydrogen (secondary N) is 2. The second-order valence-electron chi connectivity index (χ2n) is 12.3. The van der Waals surface area contributed by atoms with Crippen LogP contribution in [0.4, 0.5) is 0 Å². The Hall–Kier alpha value is -3.17. The van der Waals surface area contributed by atoms with Crippen molar-refractivity contribution >= 4 is 17.7 Å². The van der Waals surface area contributed by atoms with E-state index < -0.39 is 29.6 Å². The van der Waals surface area contributed by atoms with E-state index in [1.165, 1.54) is 6.42 Å². The molecule has 220 valence electrons. The van der Waals surface area contributed by atoms with Crippen LogP contribution >= 0.6 is 0 Å². The van der Waals surface area contributed by atoms with Gasteiger partial charge in [-0.3, -0.25) is 14.4 Å². The molecule has 1 aromatic carbocycles. The van der Waals surface area contributed by atoms with Gasteiger partial charge in [0.1, 0.15) is 17.4 Å². The Morgan fingerprint density at radius 3 is 2.61 bits per heavy atom. The minimum atomic E-state index is -1.02. The van der Waals surface area contributed by atoms with Gasteiger partial charge >= 0.3 is 0 Å². The molecule has 3 heterocycles. The molecule has 2 aliphatic carbocycles. The minimum Gasteiger partial charge on any atom is -0.497 e. The number of methoxy groups -OCH3 is 2. The molecule has 3 amide bonds. The van der Waals surface area contributed by atoms with Crippen molar-refractivity contribution in [3.63, 3.8) is 0 Å². The van der Waals surface area contributed by atoms with Crippen LogP contribution in [0.5, 0.6) is 5.75 Å². The zero-order valence-corrected chi connectivity index (χ0v) is 24.1. The molecule has 1 spiro atoms. The third-order valence-corrected chi connectivity index (χ3v) is 9.90. The maximum atomic E-state index is 14.3. The summed E-state index contributed by atoms with van der Waals surface area (Å²) < 4.78 is 17.4. The molecule has 9 nitrogen and oxygen atoms in total. The monoisotopic (exact) mass is 563 g/mol. The number of carbonyl (C=O) groups is 3. The SMILES string of the molecule is COc1ccc(CN2C(=O)C3C(C(=O)NC4=CC(OC)CC=C4)C4CCC3(O4)C2C(=O)NC2CCCCC2C)cc1. The predicted molar refractivity (Wildman–Crippen MR) is 151 cm³/mol. The molecule has 1 aromatic rings. The highest BCUT2D eigenvalue weighted by molar-refractivity contribution is 5.99. The third-order valence-electron chi connectivity index (χ3n) is 9.90. The number of likely N-dealkylation sites (tertiary alicyclic amines) is 1. The molecule has 6 rings (SSSR count). The Morgan fingerprint density at radius 2 is 1.88 bits per heavy atom. The zero-order valence-electron chi connectivity index (χ0n) is 24.1. The highest BCUT2D eigenvalue weighted by Crippen LogP contribution is 2.58. The lowest BCUT2D eigenvalue weighted by Crippen LogP contribution is -2.57. The van der Waals surface area contributed by atoms with Crippen LogP contribution in [-0.4, -0.2) is 66.7 Å². The van der Waals surface area contributed by atoms with Crippen LogP contribution in [0.1, 0.15) is 57.4 Å². The molecule has 3 aliphatic heterocycles. The molecule has 0 aromatic heterocycles. The van der Waals surface area contributed by atoms with Gasteiger partial charge in [0.25, 0.3) is 0 Å². The van der Waals surface area contributed by atoms with Crippen molar-refractivity contribution < 1.29 is 28.6 Å². The summed E-state index contributed by atoms with van der Waals surface area (Å²) >= 11 is 0. The summed E-state index contributed by atoms with van der Waals surface area (Å²) in [5.74, 6) is -0.894. The average molecular weight is 564 g/mol. The molecule has 41 heavy (non-hydrogen) atoms. The van der Waals surface area contributed by atoms with E-state index in [1.807, 2.05) is 42.5 Å². The fraction of sp³-hybridized carbons (Fsp3) is 0.594. The Kier molecular flexibility index (Phi) is 7.68. The highest BCUT2D eigenvalue weighted by atomic mass is 16.5. The van der Waals surface area contributed by atoms with Crippen LogP contribution in [0, 0.1) is 17.8 Å². The number of hydrogen-bond donors (Lipinski definition) is 2. The van der Waals surface area contributed by atoms with E-state index in [0.717, 1.165) is 37.0 Å². The third kappa shape index (κ3) is 4.97. The van der Waals surface area contributed by atoms with Crippen LogP contribution in [0.3, 0.4) is 0 Å². The number of fused-ring (bicyclic) bond motifs is 1. The molecule has 9 heteroatoms. The number of ether oxygens (including phenoxy) is 3. The van der Waals surface area contributed by atoms with Crippen molar-refractivity contribution in [2.24, 2.45) is 17.8 Å². The van der Waals surface area contributed by atoms with Gasteiger partial charge in [0.2, 0.25) is 17.7 Å². The minimum absolute atomic E-state index is 0.0705. The first-order valence-corrected chi connectivity index (χ1v) is 15.0. The van der Waals surface area contributed by atoms with Crippen LogP contribution in [0.2, 0.25) is 0 Å². The van der Waals surface area contributed by atoms with E-state index in [-0.39, 0.29) is 36.4 Å². The van der Waals surface area contributed by atoms with Crippen molar-refractivity contribution in [3.8, 4) is 5.75 Å². The molecular formula is C32H41N3O6. The van der Waals surface area contributed by atoms with Gasteiger partial charge in [0.15, 0.2) is 0 Å². The number of rotatable bonds is 8. The largest absolute Gasteiger partial charge is 0.497 e. The van der Waals surface area contributed by atoms with E-state index in [9.17, 15) is 14.4 Å². The lowest BCUT2D eigenvalue weighted by atomic mass is 9.70. The first-order chi connectivity index (χ1) is 19.8. The summed E-state index contributed by atoms with van der Waals surface area (Å²) in [6.07, 6.45) is 11.4. The summed E-state index contributed by atoms with van der Waals surface area (Å²) in [5.41, 5.74) is 0.522. The van der Waals surface area contributed by atoms with Crippen molar-refractivity contribution in [2.75, 3.05) is 14.2 Å². The van der Waals surface area contributed by atoms with E-state index in [2.05, 4.69) is 17.6 Å². The molecule has 2 bridgehead atoms. The van der Waals surface area contributed by atoms with Gasteiger partial charge in [-0.05, 0) is 67.9 Å². The molecule has 0 radical (unpaired) electrons. The Balaban J connectivity index is 1.30. The van der Waals surface area contributed by atoms with Gasteiger partial charge in [-0.15, -0.1) is 0 Å². The van der Waals surface area contributed by atoms with Crippen LogP contribution in [0.25, 0.3) is 0 Å². The normalized spacial score (nSPS) is 35.7. The Labute approximate surface area is 241 Å². The van der Waals surface area contributed by atoms with Gasteiger partial charge in [-0.2, -0.15) is 0 Å². The van der Waals surface area contributed by atoms with Gasteiger partial charge in [0, 0.05) is 25.4 Å². The lowest BCUT2D eigenvalue weighted by molar-refractivity contribution is -0.143. The number of carbonyl (C=O) groups excluding carboxylic acids is 3. The summed E-state index contributed by atoms with van der Waals surface area (Å²) in [6.45, 7) is 2.44. The van der Waals surface area contributed by atoms with Crippen molar-refractivity contribution in [1.29, 1.82) is 0 Å². The predicted octanol–water partition coefficient (Wildman–Crippen LogP) is 3.24. The Bertz CT molecular complexity index is 1240. The van der Waals surface area contributed by atoms with Gasteiger partial charge in [-0.25, -0.2) is 0 Å². The molecule has 4 fully saturated rings. The quantitative estimate of drug-likeness (QED) is 0.503. The van der Waals surface area contributed by atoms with Crippen molar-refractivity contribution in [2.45, 2.75) is 88.3 Å². The second-order valence-corrected chi connectivity index (χ2v) is 12.3. The van der Waals surface area contributed by atoms with Crippen LogP contribution < -0.4 is 15.4 Å². The van der Waals surface area contributed by atoms with E-state index >= 15 is 0 Å². The molecular weight excluding hydrogens is 522 g/mol. The first-order valence-electron chi connectivity index (χ1n) is 15.0. The molecule has 1 saturated carbocycles. The highest BCUT2D eigenvalue weighted by Gasteiger charge is 2.74. The van der Waals surface area contributed by atoms with Gasteiger partial charge in [-0.1, -0.05) is 38.0 Å². The fourth-order valence-electron chi connectivity index (χ4n) is 7.77. The van der Waals surface area contributed by atoms with Gasteiger partial charge in [0.05, 0.1) is 31.2 Å². The van der Waals surface area contributed by atoms with Crippen LogP contribution in [0.15, 0.2) is 48.2 Å². The Morgan fingerprint density at radius 1 is 1.10 bits per heavy atom. The number of allylic oxidation sites excluding steroid dienone is 1. The smallest absolute Gasteiger partial charge is 0.246 e. The molecule has 2 N–H and O–H groups in total. The van der Waals surface area contributed by atoms with Crippen molar-refractivity contribution in [1.82, 2.24) is 15.5 Å². The second kappa shape index (κ2) is 11.2. The summed E-state index contributed by atoms with van der Waals surface area (Å²) in [7, 11) is 3.25. The summed E-state index contributed by atoms with van der Waals surface area (Å²) in [5, 5.41) is 6.33. The summed E-state index contributed by atoms with van der Waals surface area (Å²) in [6, 6.07) is 6.79. The van der Waals surface area contributed by atoms with Crippen LogP contribution in [-0.2, 0) is 30.4 Å². The molecule has 5 aliphatic rings. The van der Waals surface area contributed by atoms with Gasteiger partial charge < -0.3 is 29.7 Å². The number of hydrogen-bond acceptors (Lipinski definition) is 6. The number of amides is 3. The van der Waals surface area contributed by atoms with Crippen molar-refractivity contribution in [3.05, 3.63) is 53.8 Å². The fourth-order valence-corrected chi connectivity index (χ4v) is 7.77. The van der Waals surface area contributed by atoms with E-state index in [4.69, 9.17) is 14.2 Å². The summed E-state index contributed by atoms with van der Waals surface area (Å²) in [4.78, 5) is 43.9. The maximum absolute atomic E-state index is 14.3. The topological polar surface area (TPSA) is 106 Å². The zero-order chi connectivity index (χ0) is 28.7. The maximum Gasteiger partial charge on any atom is 0.246 e. The number of nitrogens with zero attached hydrogens (tertiary/aromatic N) is 1. The van der Waals surface area contributed by atoms with E-state index in [1.54, 1.807) is 19.1 Å². The molecule has 8 atom stereocenters. The first kappa shape index (κ1) is 28.0.